The highest BCUT2D eigenvalue weighted by atomic mass is 16.5. The zero-order valence-electron chi connectivity index (χ0n) is 16.6. The Morgan fingerprint density at radius 3 is 2.70 bits per heavy atom. The summed E-state index contributed by atoms with van der Waals surface area (Å²) in [6.07, 6.45) is 4.84. The Morgan fingerprint density at radius 1 is 1.07 bits per heavy atom. The third kappa shape index (κ3) is 4.05. The van der Waals surface area contributed by atoms with Crippen LogP contribution in [0.5, 0.6) is 17.4 Å². The zero-order chi connectivity index (χ0) is 20.9. The van der Waals surface area contributed by atoms with Gasteiger partial charge in [-0.1, -0.05) is 6.07 Å². The SMILES string of the molecule is COc1ccc2c(Oc3cccc(C(=O)NCc4ccncc4)c3C)ncnc2c1. The van der Waals surface area contributed by atoms with Gasteiger partial charge in [0.15, 0.2) is 0 Å². The van der Waals surface area contributed by atoms with Gasteiger partial charge in [-0.25, -0.2) is 9.97 Å². The number of rotatable bonds is 6. The highest BCUT2D eigenvalue weighted by Crippen LogP contribution is 2.31. The van der Waals surface area contributed by atoms with Crippen LogP contribution in [0.1, 0.15) is 21.5 Å². The lowest BCUT2D eigenvalue weighted by molar-refractivity contribution is 0.0950. The molecule has 0 unspecified atom stereocenters. The van der Waals surface area contributed by atoms with Gasteiger partial charge >= 0.3 is 0 Å². The molecule has 4 aromatic rings. The molecule has 0 aliphatic carbocycles. The van der Waals surface area contributed by atoms with Gasteiger partial charge < -0.3 is 14.8 Å². The fraction of sp³-hybridized carbons (Fsp3) is 0.130. The highest BCUT2D eigenvalue weighted by molar-refractivity contribution is 5.96. The van der Waals surface area contributed by atoms with Crippen molar-refractivity contribution in [1.29, 1.82) is 0 Å². The minimum absolute atomic E-state index is 0.174. The summed E-state index contributed by atoms with van der Waals surface area (Å²) in [6.45, 7) is 2.27. The van der Waals surface area contributed by atoms with E-state index in [2.05, 4.69) is 20.3 Å². The second-order valence-corrected chi connectivity index (χ2v) is 6.63. The lowest BCUT2D eigenvalue weighted by atomic mass is 10.1. The van der Waals surface area contributed by atoms with Crippen molar-refractivity contribution >= 4 is 16.8 Å². The smallest absolute Gasteiger partial charge is 0.251 e. The normalized spacial score (nSPS) is 10.6. The van der Waals surface area contributed by atoms with Crippen LogP contribution in [-0.2, 0) is 6.54 Å². The first kappa shape index (κ1) is 19.3. The van der Waals surface area contributed by atoms with Crippen LogP contribution in [0.15, 0.2) is 67.3 Å². The fourth-order valence-corrected chi connectivity index (χ4v) is 3.07. The molecule has 0 bridgehead atoms. The molecule has 4 rings (SSSR count). The van der Waals surface area contributed by atoms with Crippen LogP contribution in [0.4, 0.5) is 0 Å². The average Bonchev–Trinajstić information content (AvgIpc) is 2.79. The van der Waals surface area contributed by atoms with E-state index >= 15 is 0 Å². The third-order valence-corrected chi connectivity index (χ3v) is 4.74. The Bertz CT molecular complexity index is 1200. The monoisotopic (exact) mass is 400 g/mol. The van der Waals surface area contributed by atoms with E-state index < -0.39 is 0 Å². The molecule has 2 heterocycles. The second kappa shape index (κ2) is 8.57. The number of carbonyl (C=O) groups is 1. The molecular weight excluding hydrogens is 380 g/mol. The molecule has 0 aliphatic rings. The van der Waals surface area contributed by atoms with Gasteiger partial charge in [0.25, 0.3) is 5.91 Å². The van der Waals surface area contributed by atoms with E-state index in [-0.39, 0.29) is 5.91 Å². The number of hydrogen-bond donors (Lipinski definition) is 1. The number of amides is 1. The van der Waals surface area contributed by atoms with Gasteiger partial charge in [0.05, 0.1) is 18.0 Å². The van der Waals surface area contributed by atoms with Crippen LogP contribution >= 0.6 is 0 Å². The number of nitrogens with zero attached hydrogens (tertiary/aromatic N) is 3. The molecule has 0 spiro atoms. The van der Waals surface area contributed by atoms with Crippen LogP contribution in [0.2, 0.25) is 0 Å². The van der Waals surface area contributed by atoms with Gasteiger partial charge in [-0.2, -0.15) is 0 Å². The number of benzene rings is 2. The van der Waals surface area contributed by atoms with Crippen LogP contribution in [0, 0.1) is 6.92 Å². The molecule has 150 valence electrons. The van der Waals surface area contributed by atoms with Crippen molar-refractivity contribution in [3.63, 3.8) is 0 Å². The lowest BCUT2D eigenvalue weighted by Gasteiger charge is -2.13. The highest BCUT2D eigenvalue weighted by Gasteiger charge is 2.15. The van der Waals surface area contributed by atoms with Gasteiger partial charge in [0.2, 0.25) is 5.88 Å². The van der Waals surface area contributed by atoms with Crippen molar-refractivity contribution < 1.29 is 14.3 Å². The number of aromatic nitrogens is 3. The summed E-state index contributed by atoms with van der Waals surface area (Å²) in [5.41, 5.74) is 2.96. The minimum Gasteiger partial charge on any atom is -0.497 e. The van der Waals surface area contributed by atoms with E-state index in [1.165, 1.54) is 6.33 Å². The molecule has 0 fully saturated rings. The summed E-state index contributed by atoms with van der Waals surface area (Å²) in [6, 6.07) is 14.6. The number of fused-ring (bicyclic) bond motifs is 1. The Labute approximate surface area is 173 Å². The van der Waals surface area contributed by atoms with Gasteiger partial charge in [-0.3, -0.25) is 9.78 Å². The van der Waals surface area contributed by atoms with Crippen molar-refractivity contribution in [3.8, 4) is 17.4 Å². The minimum atomic E-state index is -0.174. The molecule has 0 radical (unpaired) electrons. The van der Waals surface area contributed by atoms with Crippen molar-refractivity contribution in [1.82, 2.24) is 20.3 Å². The Balaban J connectivity index is 1.57. The number of pyridine rings is 1. The molecule has 0 saturated heterocycles. The van der Waals surface area contributed by atoms with E-state index in [0.29, 0.717) is 35.0 Å². The first-order valence-electron chi connectivity index (χ1n) is 9.39. The number of ether oxygens (including phenoxy) is 2. The largest absolute Gasteiger partial charge is 0.497 e. The Kier molecular flexibility index (Phi) is 5.52. The van der Waals surface area contributed by atoms with Crippen molar-refractivity contribution in [3.05, 3.63) is 83.9 Å². The van der Waals surface area contributed by atoms with Crippen molar-refractivity contribution in [2.24, 2.45) is 0 Å². The molecule has 30 heavy (non-hydrogen) atoms. The van der Waals surface area contributed by atoms with E-state index in [1.54, 1.807) is 31.6 Å². The molecular formula is C23H20N4O3. The van der Waals surface area contributed by atoms with E-state index in [9.17, 15) is 4.79 Å². The molecule has 2 aromatic heterocycles. The summed E-state index contributed by atoms with van der Waals surface area (Å²) in [7, 11) is 1.61. The standard InChI is InChI=1S/C23H20N4O3/c1-15-18(22(28)25-13-16-8-10-24-11-9-16)4-3-5-21(15)30-23-19-7-6-17(29-2)12-20(19)26-14-27-23/h3-12,14H,13H2,1-2H3,(H,25,28). The van der Waals surface area contributed by atoms with E-state index in [1.807, 2.05) is 43.3 Å². The predicted octanol–water partition coefficient (Wildman–Crippen LogP) is 4.06. The van der Waals surface area contributed by atoms with Gasteiger partial charge in [-0.15, -0.1) is 0 Å². The van der Waals surface area contributed by atoms with Crippen LogP contribution in [0.25, 0.3) is 10.9 Å². The molecule has 1 amide bonds. The molecule has 7 nitrogen and oxygen atoms in total. The summed E-state index contributed by atoms with van der Waals surface area (Å²) in [4.78, 5) is 25.2. The van der Waals surface area contributed by atoms with Crippen LogP contribution in [-0.4, -0.2) is 28.0 Å². The quantitative estimate of drug-likeness (QED) is 0.525. The maximum absolute atomic E-state index is 12.7. The van der Waals surface area contributed by atoms with E-state index in [0.717, 1.165) is 16.5 Å². The predicted molar refractivity (Wildman–Crippen MR) is 113 cm³/mol. The second-order valence-electron chi connectivity index (χ2n) is 6.63. The zero-order valence-corrected chi connectivity index (χ0v) is 16.6. The number of carbonyl (C=O) groups excluding carboxylic acids is 1. The summed E-state index contributed by atoms with van der Waals surface area (Å²) in [5, 5.41) is 3.68. The first-order valence-corrected chi connectivity index (χ1v) is 9.39. The Morgan fingerprint density at radius 2 is 1.90 bits per heavy atom. The molecule has 0 atom stereocenters. The van der Waals surface area contributed by atoms with Crippen molar-refractivity contribution in [2.45, 2.75) is 13.5 Å². The van der Waals surface area contributed by atoms with E-state index in [4.69, 9.17) is 9.47 Å². The number of nitrogens with one attached hydrogen (secondary N) is 1. The lowest BCUT2D eigenvalue weighted by Crippen LogP contribution is -2.23. The molecule has 0 aliphatic heterocycles. The maximum atomic E-state index is 12.7. The number of methoxy groups -OCH3 is 1. The summed E-state index contributed by atoms with van der Waals surface area (Å²) < 4.78 is 11.3. The Hall–Kier alpha value is -4.00. The van der Waals surface area contributed by atoms with Gasteiger partial charge in [0, 0.05) is 36.1 Å². The maximum Gasteiger partial charge on any atom is 0.251 e. The molecule has 1 N–H and O–H groups in total. The van der Waals surface area contributed by atoms with Crippen LogP contribution < -0.4 is 14.8 Å². The first-order chi connectivity index (χ1) is 14.7. The third-order valence-electron chi connectivity index (χ3n) is 4.74. The van der Waals surface area contributed by atoms with Crippen LogP contribution in [0.3, 0.4) is 0 Å². The fourth-order valence-electron chi connectivity index (χ4n) is 3.07. The topological polar surface area (TPSA) is 86.2 Å². The van der Waals surface area contributed by atoms with Crippen molar-refractivity contribution in [2.75, 3.05) is 7.11 Å². The molecule has 2 aromatic carbocycles. The van der Waals surface area contributed by atoms with Gasteiger partial charge in [0.1, 0.15) is 17.8 Å². The molecule has 7 heteroatoms. The number of hydrogen-bond acceptors (Lipinski definition) is 6. The summed E-state index contributed by atoms with van der Waals surface area (Å²) in [5.74, 6) is 1.51. The average molecular weight is 400 g/mol. The van der Waals surface area contributed by atoms with Gasteiger partial charge in [-0.05, 0) is 48.9 Å². The summed E-state index contributed by atoms with van der Waals surface area (Å²) >= 11 is 0. The molecule has 0 saturated carbocycles.